The van der Waals surface area contributed by atoms with Crippen LogP contribution in [0.4, 0.5) is 0 Å². The number of nitrogens with one attached hydrogen (secondary N) is 1. The van der Waals surface area contributed by atoms with Crippen molar-refractivity contribution in [2.24, 2.45) is 0 Å². The van der Waals surface area contributed by atoms with Gasteiger partial charge in [-0.25, -0.2) is 0 Å². The van der Waals surface area contributed by atoms with Gasteiger partial charge in [0.05, 0.1) is 24.9 Å². The lowest BCUT2D eigenvalue weighted by atomic mass is 9.85. The summed E-state index contributed by atoms with van der Waals surface area (Å²) < 4.78 is 16.6. The summed E-state index contributed by atoms with van der Waals surface area (Å²) >= 11 is 0. The Balaban J connectivity index is 2.23. The van der Waals surface area contributed by atoms with Gasteiger partial charge in [-0.15, -0.1) is 0 Å². The maximum absolute atomic E-state index is 5.88. The molecule has 0 bridgehead atoms. The van der Waals surface area contributed by atoms with Crippen molar-refractivity contribution in [3.05, 3.63) is 0 Å². The van der Waals surface area contributed by atoms with Gasteiger partial charge in [-0.05, 0) is 26.8 Å². The van der Waals surface area contributed by atoms with E-state index in [2.05, 4.69) is 12.2 Å². The van der Waals surface area contributed by atoms with Crippen LogP contribution in [0.15, 0.2) is 0 Å². The van der Waals surface area contributed by atoms with Crippen molar-refractivity contribution in [1.29, 1.82) is 0 Å². The van der Waals surface area contributed by atoms with Gasteiger partial charge in [-0.2, -0.15) is 0 Å². The van der Waals surface area contributed by atoms with Gasteiger partial charge in [0, 0.05) is 19.8 Å². The van der Waals surface area contributed by atoms with Crippen LogP contribution in [0, 0.1) is 0 Å². The molecule has 16 heavy (non-hydrogen) atoms. The van der Waals surface area contributed by atoms with Gasteiger partial charge in [-0.3, -0.25) is 0 Å². The zero-order valence-electron chi connectivity index (χ0n) is 10.9. The number of hydrogen-bond donors (Lipinski definition) is 1. The van der Waals surface area contributed by atoms with Crippen LogP contribution in [-0.4, -0.2) is 51.2 Å². The molecule has 0 amide bonds. The Hall–Kier alpha value is -0.160. The lowest BCUT2D eigenvalue weighted by Crippen LogP contribution is -2.60. The molecule has 0 aromatic rings. The highest BCUT2D eigenvalue weighted by atomic mass is 16.6. The third-order valence-electron chi connectivity index (χ3n) is 2.95. The summed E-state index contributed by atoms with van der Waals surface area (Å²) in [5.41, 5.74) is 0. The van der Waals surface area contributed by atoms with Crippen molar-refractivity contribution < 1.29 is 14.2 Å². The Labute approximate surface area is 98.6 Å². The van der Waals surface area contributed by atoms with E-state index in [9.17, 15) is 0 Å². The van der Waals surface area contributed by atoms with E-state index >= 15 is 0 Å². The standard InChI is InChI=1S/C12H25NO3/c1-5-13-10-7-11(12(10)14-4)16-9(3)8-15-6-2/h9-13H,5-8H2,1-4H3. The molecule has 1 fully saturated rings. The molecule has 1 aliphatic carbocycles. The number of ether oxygens (including phenoxy) is 3. The Bertz CT molecular complexity index is 189. The summed E-state index contributed by atoms with van der Waals surface area (Å²) in [6, 6.07) is 0.444. The van der Waals surface area contributed by atoms with Crippen molar-refractivity contribution in [2.75, 3.05) is 26.9 Å². The molecule has 1 N–H and O–H groups in total. The molecule has 0 radical (unpaired) electrons. The summed E-state index contributed by atoms with van der Waals surface area (Å²) in [5, 5.41) is 3.39. The van der Waals surface area contributed by atoms with Gasteiger partial charge in [0.2, 0.25) is 0 Å². The van der Waals surface area contributed by atoms with Crippen LogP contribution in [0.3, 0.4) is 0 Å². The van der Waals surface area contributed by atoms with Crippen molar-refractivity contribution >= 4 is 0 Å². The molecule has 1 rings (SSSR count). The number of methoxy groups -OCH3 is 1. The summed E-state index contributed by atoms with van der Waals surface area (Å²) in [4.78, 5) is 0. The molecule has 4 atom stereocenters. The van der Waals surface area contributed by atoms with Crippen LogP contribution >= 0.6 is 0 Å². The monoisotopic (exact) mass is 231 g/mol. The molecule has 0 aromatic carbocycles. The fraction of sp³-hybridized carbons (Fsp3) is 1.00. The topological polar surface area (TPSA) is 39.7 Å². The van der Waals surface area contributed by atoms with E-state index in [-0.39, 0.29) is 18.3 Å². The molecule has 0 heterocycles. The van der Waals surface area contributed by atoms with E-state index in [1.54, 1.807) is 7.11 Å². The normalized spacial score (nSPS) is 31.1. The molecule has 0 saturated heterocycles. The van der Waals surface area contributed by atoms with Gasteiger partial charge in [0.1, 0.15) is 0 Å². The summed E-state index contributed by atoms with van der Waals surface area (Å²) in [6.45, 7) is 8.53. The lowest BCUT2D eigenvalue weighted by molar-refractivity contribution is -0.163. The minimum Gasteiger partial charge on any atom is -0.379 e. The van der Waals surface area contributed by atoms with Gasteiger partial charge < -0.3 is 19.5 Å². The zero-order chi connectivity index (χ0) is 12.0. The molecule has 1 saturated carbocycles. The van der Waals surface area contributed by atoms with Crippen LogP contribution in [-0.2, 0) is 14.2 Å². The molecule has 0 aliphatic heterocycles. The number of likely N-dealkylation sites (N-methyl/N-ethyl adjacent to an activating group) is 1. The second kappa shape index (κ2) is 7.22. The minimum absolute atomic E-state index is 0.144. The van der Waals surface area contributed by atoms with E-state index in [1.165, 1.54) is 0 Å². The van der Waals surface area contributed by atoms with Crippen LogP contribution in [0.5, 0.6) is 0 Å². The van der Waals surface area contributed by atoms with Crippen LogP contribution < -0.4 is 5.32 Å². The third kappa shape index (κ3) is 3.70. The Morgan fingerprint density at radius 3 is 2.69 bits per heavy atom. The van der Waals surface area contributed by atoms with E-state index in [0.717, 1.165) is 19.6 Å². The molecule has 4 heteroatoms. The van der Waals surface area contributed by atoms with Gasteiger partial charge in [0.25, 0.3) is 0 Å². The van der Waals surface area contributed by atoms with Crippen molar-refractivity contribution in [3.8, 4) is 0 Å². The predicted molar refractivity (Wildman–Crippen MR) is 63.7 cm³/mol. The smallest absolute Gasteiger partial charge is 0.0987 e. The first-order valence-corrected chi connectivity index (χ1v) is 6.22. The fourth-order valence-electron chi connectivity index (χ4n) is 2.11. The first-order valence-electron chi connectivity index (χ1n) is 6.22. The second-order valence-corrected chi connectivity index (χ2v) is 4.24. The maximum Gasteiger partial charge on any atom is 0.0987 e. The Kier molecular flexibility index (Phi) is 6.28. The average Bonchev–Trinajstić information content (AvgIpc) is 2.25. The lowest BCUT2D eigenvalue weighted by Gasteiger charge is -2.44. The fourth-order valence-corrected chi connectivity index (χ4v) is 2.11. The molecular formula is C12H25NO3. The summed E-state index contributed by atoms with van der Waals surface area (Å²) in [7, 11) is 1.75. The summed E-state index contributed by atoms with van der Waals surface area (Å²) in [6.07, 6.45) is 1.57. The molecule has 4 nitrogen and oxygen atoms in total. The van der Waals surface area contributed by atoms with Crippen molar-refractivity contribution in [3.63, 3.8) is 0 Å². The molecule has 4 unspecified atom stereocenters. The molecule has 0 aromatic heterocycles. The maximum atomic E-state index is 5.88. The van der Waals surface area contributed by atoms with Crippen molar-refractivity contribution in [1.82, 2.24) is 5.32 Å². The van der Waals surface area contributed by atoms with E-state index < -0.39 is 0 Å². The number of hydrogen-bond acceptors (Lipinski definition) is 4. The van der Waals surface area contributed by atoms with E-state index in [4.69, 9.17) is 14.2 Å². The quantitative estimate of drug-likeness (QED) is 0.681. The second-order valence-electron chi connectivity index (χ2n) is 4.24. The minimum atomic E-state index is 0.144. The van der Waals surface area contributed by atoms with E-state index in [1.807, 2.05) is 13.8 Å². The average molecular weight is 231 g/mol. The highest BCUT2D eigenvalue weighted by Gasteiger charge is 2.42. The predicted octanol–water partition coefficient (Wildman–Crippen LogP) is 1.19. The first kappa shape index (κ1) is 13.9. The molecule has 1 aliphatic rings. The molecular weight excluding hydrogens is 206 g/mol. The Morgan fingerprint density at radius 1 is 1.38 bits per heavy atom. The van der Waals surface area contributed by atoms with Crippen LogP contribution in [0.2, 0.25) is 0 Å². The summed E-state index contributed by atoms with van der Waals surface area (Å²) in [5.74, 6) is 0. The van der Waals surface area contributed by atoms with Crippen LogP contribution in [0.1, 0.15) is 27.2 Å². The number of rotatable bonds is 8. The highest BCUT2D eigenvalue weighted by molar-refractivity contribution is 4.97. The first-order chi connectivity index (χ1) is 7.72. The SMILES string of the molecule is CCNC1CC(OC(C)COCC)C1OC. The highest BCUT2D eigenvalue weighted by Crippen LogP contribution is 2.27. The Morgan fingerprint density at radius 2 is 2.12 bits per heavy atom. The molecule has 96 valence electrons. The van der Waals surface area contributed by atoms with Gasteiger partial charge >= 0.3 is 0 Å². The molecule has 0 spiro atoms. The third-order valence-corrected chi connectivity index (χ3v) is 2.95. The van der Waals surface area contributed by atoms with Gasteiger partial charge in [-0.1, -0.05) is 6.92 Å². The zero-order valence-corrected chi connectivity index (χ0v) is 10.9. The van der Waals surface area contributed by atoms with E-state index in [0.29, 0.717) is 12.6 Å². The largest absolute Gasteiger partial charge is 0.379 e. The van der Waals surface area contributed by atoms with Crippen LogP contribution in [0.25, 0.3) is 0 Å². The van der Waals surface area contributed by atoms with Gasteiger partial charge in [0.15, 0.2) is 0 Å². The van der Waals surface area contributed by atoms with Crippen molar-refractivity contribution in [2.45, 2.75) is 51.5 Å².